The average molecular weight is 311 g/mol. The number of halogens is 3. The Morgan fingerprint density at radius 2 is 1.69 bits per heavy atom. The van der Waals surface area contributed by atoms with E-state index in [1.807, 2.05) is 0 Å². The first kappa shape index (κ1) is 14.8. The molecule has 0 bridgehead atoms. The first-order chi connectivity index (χ1) is 7.23. The van der Waals surface area contributed by atoms with Crippen molar-refractivity contribution in [3.05, 3.63) is 0 Å². The van der Waals surface area contributed by atoms with Crippen LogP contribution in [0, 0.1) is 0 Å². The van der Waals surface area contributed by atoms with Gasteiger partial charge in [0.15, 0.2) is 0 Å². The van der Waals surface area contributed by atoms with Gasteiger partial charge < -0.3 is 5.11 Å². The highest BCUT2D eigenvalue weighted by Crippen LogP contribution is 2.31. The Balaban J connectivity index is 2.64. The van der Waals surface area contributed by atoms with Crippen LogP contribution in [-0.2, 0) is 10.0 Å². The lowest BCUT2D eigenvalue weighted by Crippen LogP contribution is -2.43. The molecule has 16 heavy (non-hydrogen) atoms. The minimum absolute atomic E-state index is 0.481. The Hall–Kier alpha value is 0.740. The number of piperidine rings is 1. The van der Waals surface area contributed by atoms with Gasteiger partial charge in [0.25, 0.3) is 0 Å². The van der Waals surface area contributed by atoms with Crippen LogP contribution in [0.3, 0.4) is 0 Å². The molecule has 0 aliphatic carbocycles. The van der Waals surface area contributed by atoms with Gasteiger partial charge in [-0.05, 0) is 12.8 Å². The Morgan fingerprint density at radius 1 is 1.19 bits per heavy atom. The zero-order valence-corrected chi connectivity index (χ0v) is 11.7. The van der Waals surface area contributed by atoms with E-state index in [9.17, 15) is 13.5 Å². The summed E-state index contributed by atoms with van der Waals surface area (Å²) in [7, 11) is -3.54. The lowest BCUT2D eigenvalue weighted by molar-refractivity contribution is 0.198. The molecular weight excluding hydrogens is 297 g/mol. The van der Waals surface area contributed by atoms with E-state index in [0.717, 1.165) is 19.3 Å². The van der Waals surface area contributed by atoms with Gasteiger partial charge in [-0.15, -0.1) is 0 Å². The summed E-state index contributed by atoms with van der Waals surface area (Å²) in [5.41, 5.74) is 0. The number of alkyl halides is 3. The number of aliphatic hydroxyl groups is 1. The van der Waals surface area contributed by atoms with Crippen molar-refractivity contribution in [3.8, 4) is 0 Å². The van der Waals surface area contributed by atoms with E-state index < -0.39 is 25.7 Å². The number of sulfonamides is 1. The molecular formula is C8H14Cl3NO3S. The van der Waals surface area contributed by atoms with Crippen molar-refractivity contribution in [2.75, 3.05) is 18.8 Å². The van der Waals surface area contributed by atoms with Crippen molar-refractivity contribution in [3.63, 3.8) is 0 Å². The Bertz CT molecular complexity index is 322. The molecule has 1 atom stereocenters. The molecule has 1 aliphatic heterocycles. The lowest BCUT2D eigenvalue weighted by atomic mass is 10.2. The van der Waals surface area contributed by atoms with Crippen LogP contribution >= 0.6 is 34.8 Å². The van der Waals surface area contributed by atoms with Crippen LogP contribution < -0.4 is 0 Å². The molecule has 0 aromatic rings. The zero-order chi connectivity index (χ0) is 12.4. The summed E-state index contributed by atoms with van der Waals surface area (Å²) in [4.78, 5) is 0. The predicted octanol–water partition coefficient (Wildman–Crippen LogP) is 1.53. The largest absolute Gasteiger partial charge is 0.388 e. The molecule has 0 spiro atoms. The van der Waals surface area contributed by atoms with E-state index >= 15 is 0 Å². The van der Waals surface area contributed by atoms with Crippen molar-refractivity contribution >= 4 is 44.8 Å². The van der Waals surface area contributed by atoms with Crippen LogP contribution in [0.1, 0.15) is 19.3 Å². The van der Waals surface area contributed by atoms with Crippen LogP contribution in [0.15, 0.2) is 0 Å². The molecule has 0 aromatic carbocycles. The third-order valence-corrected chi connectivity index (χ3v) is 5.10. The SMILES string of the molecule is O=S(=O)(C[C@H](O)C(Cl)(Cl)Cl)N1CCCCC1. The number of nitrogens with zero attached hydrogens (tertiary/aromatic N) is 1. The second-order valence-corrected chi connectivity index (χ2v) is 8.18. The molecule has 96 valence electrons. The molecule has 1 saturated heterocycles. The fourth-order valence-corrected chi connectivity index (χ4v) is 3.72. The average Bonchev–Trinajstić information content (AvgIpc) is 2.17. The van der Waals surface area contributed by atoms with E-state index in [4.69, 9.17) is 34.8 Å². The summed E-state index contributed by atoms with van der Waals surface area (Å²) >= 11 is 16.3. The smallest absolute Gasteiger partial charge is 0.217 e. The van der Waals surface area contributed by atoms with E-state index in [2.05, 4.69) is 0 Å². The van der Waals surface area contributed by atoms with Crippen LogP contribution in [-0.4, -0.2) is 46.6 Å². The van der Waals surface area contributed by atoms with E-state index in [-0.39, 0.29) is 0 Å². The minimum atomic E-state index is -3.54. The van der Waals surface area contributed by atoms with Gasteiger partial charge in [-0.25, -0.2) is 12.7 Å². The van der Waals surface area contributed by atoms with Gasteiger partial charge in [0.05, 0.1) is 5.75 Å². The maximum absolute atomic E-state index is 11.8. The first-order valence-corrected chi connectivity index (χ1v) is 7.70. The predicted molar refractivity (Wildman–Crippen MR) is 65.5 cm³/mol. The second kappa shape index (κ2) is 5.59. The zero-order valence-electron chi connectivity index (χ0n) is 8.57. The second-order valence-electron chi connectivity index (χ2n) is 3.80. The lowest BCUT2D eigenvalue weighted by Gasteiger charge is -2.28. The molecule has 8 heteroatoms. The molecule has 1 N–H and O–H groups in total. The molecule has 0 aromatic heterocycles. The number of aliphatic hydroxyl groups excluding tert-OH is 1. The van der Waals surface area contributed by atoms with E-state index in [0.29, 0.717) is 13.1 Å². The molecule has 0 unspecified atom stereocenters. The quantitative estimate of drug-likeness (QED) is 0.804. The van der Waals surface area contributed by atoms with Crippen LogP contribution in [0.2, 0.25) is 0 Å². The molecule has 1 fully saturated rings. The monoisotopic (exact) mass is 309 g/mol. The number of hydrogen-bond acceptors (Lipinski definition) is 3. The molecule has 1 heterocycles. The molecule has 0 radical (unpaired) electrons. The van der Waals surface area contributed by atoms with Gasteiger partial charge in [-0.2, -0.15) is 0 Å². The van der Waals surface area contributed by atoms with Crippen molar-refractivity contribution < 1.29 is 13.5 Å². The van der Waals surface area contributed by atoms with Gasteiger partial charge in [-0.1, -0.05) is 41.2 Å². The fraction of sp³-hybridized carbons (Fsp3) is 1.00. The van der Waals surface area contributed by atoms with Crippen molar-refractivity contribution in [1.29, 1.82) is 0 Å². The van der Waals surface area contributed by atoms with Gasteiger partial charge in [0, 0.05) is 13.1 Å². The summed E-state index contributed by atoms with van der Waals surface area (Å²) in [6, 6.07) is 0. The Morgan fingerprint density at radius 3 is 2.12 bits per heavy atom. The molecule has 1 rings (SSSR count). The van der Waals surface area contributed by atoms with Gasteiger partial charge >= 0.3 is 0 Å². The van der Waals surface area contributed by atoms with E-state index in [1.165, 1.54) is 4.31 Å². The fourth-order valence-electron chi connectivity index (χ4n) is 1.54. The third-order valence-electron chi connectivity index (χ3n) is 2.45. The molecule has 1 aliphatic rings. The summed E-state index contributed by atoms with van der Waals surface area (Å²) in [5.74, 6) is -0.552. The minimum Gasteiger partial charge on any atom is -0.388 e. The van der Waals surface area contributed by atoms with Crippen molar-refractivity contribution in [2.45, 2.75) is 29.2 Å². The third kappa shape index (κ3) is 4.20. The van der Waals surface area contributed by atoms with E-state index in [1.54, 1.807) is 0 Å². The Kier molecular flexibility index (Phi) is 5.17. The highest BCUT2D eigenvalue weighted by molar-refractivity contribution is 7.89. The highest BCUT2D eigenvalue weighted by Gasteiger charge is 2.36. The topological polar surface area (TPSA) is 57.6 Å². The van der Waals surface area contributed by atoms with Gasteiger partial charge in [-0.3, -0.25) is 0 Å². The summed E-state index contributed by atoms with van der Waals surface area (Å²) in [5, 5.41) is 9.45. The Labute approximate surface area is 111 Å². The molecule has 0 amide bonds. The maximum Gasteiger partial charge on any atom is 0.217 e. The standard InChI is InChI=1S/C8H14Cl3NO3S/c9-8(10,11)7(13)6-16(14,15)12-4-2-1-3-5-12/h7,13H,1-6H2/t7-/m0/s1. The van der Waals surface area contributed by atoms with Crippen molar-refractivity contribution in [1.82, 2.24) is 4.31 Å². The van der Waals surface area contributed by atoms with Crippen molar-refractivity contribution in [2.24, 2.45) is 0 Å². The number of rotatable bonds is 3. The highest BCUT2D eigenvalue weighted by atomic mass is 35.6. The number of hydrogen-bond donors (Lipinski definition) is 1. The van der Waals surface area contributed by atoms with Crippen LogP contribution in [0.4, 0.5) is 0 Å². The van der Waals surface area contributed by atoms with Gasteiger partial charge in [0.1, 0.15) is 6.10 Å². The maximum atomic E-state index is 11.8. The normalized spacial score (nSPS) is 22.0. The molecule has 0 saturated carbocycles. The summed E-state index contributed by atoms with van der Waals surface area (Å²) < 4.78 is 23.0. The van der Waals surface area contributed by atoms with Gasteiger partial charge in [0.2, 0.25) is 13.8 Å². The summed E-state index contributed by atoms with van der Waals surface area (Å²) in [6.07, 6.45) is 1.19. The van der Waals surface area contributed by atoms with Crippen LogP contribution in [0.25, 0.3) is 0 Å². The van der Waals surface area contributed by atoms with Crippen LogP contribution in [0.5, 0.6) is 0 Å². The summed E-state index contributed by atoms with van der Waals surface area (Å²) in [6.45, 7) is 0.962. The first-order valence-electron chi connectivity index (χ1n) is 4.96. The molecule has 4 nitrogen and oxygen atoms in total.